The molecule has 0 aliphatic heterocycles. The predicted molar refractivity (Wildman–Crippen MR) is 148 cm³/mol. The van der Waals surface area contributed by atoms with Gasteiger partial charge < -0.3 is 9.47 Å². The maximum atomic E-state index is 11.7. The van der Waals surface area contributed by atoms with Crippen LogP contribution >= 0.6 is 39.3 Å². The molecular weight excluding hydrogens is 580 g/mol. The smallest absolute Gasteiger partial charge is 0.220 e. The van der Waals surface area contributed by atoms with E-state index in [0.29, 0.717) is 40.5 Å². The van der Waals surface area contributed by atoms with Gasteiger partial charge in [0.1, 0.15) is 29.2 Å². The molecule has 1 heterocycles. The molecule has 0 saturated heterocycles. The van der Waals surface area contributed by atoms with Gasteiger partial charge in [0.15, 0.2) is 5.16 Å². The van der Waals surface area contributed by atoms with Gasteiger partial charge in [-0.15, -0.1) is 10.2 Å². The van der Waals surface area contributed by atoms with E-state index in [1.54, 1.807) is 12.1 Å². The monoisotopic (exact) mass is 602 g/mol. The first-order valence-electron chi connectivity index (χ1n) is 11.4. The Bertz CT molecular complexity index is 1370. The lowest BCUT2D eigenvalue weighted by atomic mass is 10.1. The van der Waals surface area contributed by atoms with Crippen molar-refractivity contribution in [3.05, 3.63) is 103 Å². The van der Waals surface area contributed by atoms with E-state index in [1.807, 2.05) is 73.0 Å². The van der Waals surface area contributed by atoms with E-state index < -0.39 is 5.25 Å². The van der Waals surface area contributed by atoms with Gasteiger partial charge in [-0.25, -0.2) is 0 Å². The largest absolute Gasteiger partial charge is 0.494 e. The highest BCUT2D eigenvalue weighted by atomic mass is 79.9. The van der Waals surface area contributed by atoms with Gasteiger partial charge in [-0.1, -0.05) is 51.4 Å². The Morgan fingerprint density at radius 3 is 2.49 bits per heavy atom. The quantitative estimate of drug-likeness (QED) is 0.103. The fraction of sp³-hybridized carbons (Fsp3) is 0.231. The van der Waals surface area contributed by atoms with Crippen LogP contribution in [0, 0.1) is 17.0 Å². The lowest BCUT2D eigenvalue weighted by Gasteiger charge is -2.18. The van der Waals surface area contributed by atoms with Crippen molar-refractivity contribution in [3.63, 3.8) is 0 Å². The summed E-state index contributed by atoms with van der Waals surface area (Å²) in [7, 11) is 0. The third kappa shape index (κ3) is 7.03. The van der Waals surface area contributed by atoms with Crippen LogP contribution < -0.4 is 9.47 Å². The number of nitro groups is 1. The van der Waals surface area contributed by atoms with Gasteiger partial charge in [0.05, 0.1) is 6.61 Å². The highest BCUT2D eigenvalue weighted by Crippen LogP contribution is 2.41. The van der Waals surface area contributed by atoms with Crippen molar-refractivity contribution < 1.29 is 14.4 Å². The molecule has 0 bridgehead atoms. The minimum atomic E-state index is -0.585. The number of halogens is 2. The Kier molecular flexibility index (Phi) is 9.07. The molecular formula is C26H24BrClN4O4S. The number of thioether (sulfide) groups is 1. The van der Waals surface area contributed by atoms with Crippen molar-refractivity contribution in [2.75, 3.05) is 13.2 Å². The summed E-state index contributed by atoms with van der Waals surface area (Å²) in [5.41, 5.74) is 2.45. The molecule has 8 nitrogen and oxygen atoms in total. The number of aryl methyl sites for hydroxylation is 1. The van der Waals surface area contributed by atoms with Gasteiger partial charge in [0.25, 0.3) is 0 Å². The van der Waals surface area contributed by atoms with Crippen molar-refractivity contribution in [1.29, 1.82) is 0 Å². The molecule has 0 aliphatic rings. The van der Waals surface area contributed by atoms with E-state index >= 15 is 0 Å². The molecule has 0 aliphatic carbocycles. The first-order valence-corrected chi connectivity index (χ1v) is 13.5. The van der Waals surface area contributed by atoms with Crippen LogP contribution in [0.15, 0.2) is 76.4 Å². The van der Waals surface area contributed by atoms with E-state index in [4.69, 9.17) is 21.1 Å². The molecule has 0 spiro atoms. The Morgan fingerprint density at radius 1 is 1.08 bits per heavy atom. The summed E-state index contributed by atoms with van der Waals surface area (Å²) in [6.07, 6.45) is 0. The molecule has 3 aromatic carbocycles. The number of hydrogen-bond donors (Lipinski definition) is 0. The molecule has 0 fully saturated rings. The molecule has 192 valence electrons. The van der Waals surface area contributed by atoms with Gasteiger partial charge in [0.2, 0.25) is 6.54 Å². The molecule has 0 radical (unpaired) electrons. The fourth-order valence-corrected chi connectivity index (χ4v) is 5.38. The number of benzene rings is 3. The van der Waals surface area contributed by atoms with Crippen LogP contribution in [0.4, 0.5) is 0 Å². The third-order valence-electron chi connectivity index (χ3n) is 5.39. The van der Waals surface area contributed by atoms with Gasteiger partial charge in [-0.2, -0.15) is 0 Å². The second kappa shape index (κ2) is 12.4. The fourth-order valence-electron chi connectivity index (χ4n) is 3.68. The molecule has 0 amide bonds. The number of aromatic nitrogens is 3. The molecule has 0 unspecified atom stereocenters. The van der Waals surface area contributed by atoms with Crippen LogP contribution in [0.1, 0.15) is 29.1 Å². The lowest BCUT2D eigenvalue weighted by Crippen LogP contribution is -2.12. The maximum absolute atomic E-state index is 11.7. The van der Waals surface area contributed by atoms with Crippen molar-refractivity contribution in [2.24, 2.45) is 0 Å². The minimum absolute atomic E-state index is 0.295. The van der Waals surface area contributed by atoms with Crippen molar-refractivity contribution >= 4 is 39.3 Å². The first kappa shape index (κ1) is 27.0. The van der Waals surface area contributed by atoms with E-state index in [9.17, 15) is 10.1 Å². The van der Waals surface area contributed by atoms with Crippen LogP contribution in [-0.2, 0) is 6.61 Å². The third-order valence-corrected chi connectivity index (χ3v) is 7.30. The number of nitrogens with zero attached hydrogens (tertiary/aromatic N) is 4. The van der Waals surface area contributed by atoms with Crippen LogP contribution in [0.2, 0.25) is 5.02 Å². The molecule has 1 aromatic heterocycles. The zero-order chi connectivity index (χ0) is 26.4. The summed E-state index contributed by atoms with van der Waals surface area (Å²) in [4.78, 5) is 11.4. The molecule has 37 heavy (non-hydrogen) atoms. The highest BCUT2D eigenvalue weighted by molar-refractivity contribution is 9.10. The average molecular weight is 604 g/mol. The topological polar surface area (TPSA) is 92.3 Å². The van der Waals surface area contributed by atoms with Crippen LogP contribution in [0.25, 0.3) is 5.69 Å². The molecule has 0 N–H and O–H groups in total. The van der Waals surface area contributed by atoms with Gasteiger partial charge in [-0.3, -0.25) is 14.7 Å². The van der Waals surface area contributed by atoms with Crippen LogP contribution in [0.5, 0.6) is 11.5 Å². The van der Waals surface area contributed by atoms with Gasteiger partial charge >= 0.3 is 0 Å². The van der Waals surface area contributed by atoms with Crippen LogP contribution in [0.3, 0.4) is 0 Å². The molecule has 4 rings (SSSR count). The maximum Gasteiger partial charge on any atom is 0.220 e. The van der Waals surface area contributed by atoms with E-state index in [2.05, 4.69) is 26.1 Å². The summed E-state index contributed by atoms with van der Waals surface area (Å²) in [6, 6.07) is 20.4. The summed E-state index contributed by atoms with van der Waals surface area (Å²) < 4.78 is 14.3. The Hall–Kier alpha value is -3.08. The van der Waals surface area contributed by atoms with Crippen molar-refractivity contribution in [1.82, 2.24) is 14.8 Å². The van der Waals surface area contributed by atoms with Gasteiger partial charge in [0, 0.05) is 25.7 Å². The van der Waals surface area contributed by atoms with Crippen LogP contribution in [-0.4, -0.2) is 32.8 Å². The second-order valence-corrected chi connectivity index (χ2v) is 10.5. The van der Waals surface area contributed by atoms with E-state index in [-0.39, 0.29) is 11.5 Å². The number of ether oxygens (including phenoxy) is 2. The standard InChI is InChI=1S/C26H24BrClN4O4S/c1-3-35-22-11-9-21(10-12-22)32-17(2)29-30-26(32)37-25(15-31(33)34)23-14-19(27)6-13-24(23)36-16-18-4-7-20(28)8-5-18/h4-14,25H,3,15-16H2,1-2H3/t25-/m0/s1. The zero-order valence-electron chi connectivity index (χ0n) is 20.1. The van der Waals surface area contributed by atoms with Crippen molar-refractivity contribution in [3.8, 4) is 17.2 Å². The normalized spacial score (nSPS) is 11.8. The number of hydrogen-bond acceptors (Lipinski definition) is 7. The Labute approximate surface area is 232 Å². The second-order valence-electron chi connectivity index (χ2n) is 8.01. The average Bonchev–Trinajstić information content (AvgIpc) is 3.24. The molecule has 11 heteroatoms. The SMILES string of the molecule is CCOc1ccc(-n2c(C)nnc2S[C@@H](C[N+](=O)[O-])c2cc(Br)ccc2OCc2ccc(Cl)cc2)cc1. The summed E-state index contributed by atoms with van der Waals surface area (Å²) in [5, 5.41) is 20.9. The minimum Gasteiger partial charge on any atom is -0.494 e. The van der Waals surface area contributed by atoms with E-state index in [0.717, 1.165) is 21.5 Å². The predicted octanol–water partition coefficient (Wildman–Crippen LogP) is 7.08. The molecule has 1 atom stereocenters. The first-order chi connectivity index (χ1) is 17.8. The highest BCUT2D eigenvalue weighted by Gasteiger charge is 2.27. The van der Waals surface area contributed by atoms with Crippen molar-refractivity contribution in [2.45, 2.75) is 30.9 Å². The molecule has 4 aromatic rings. The summed E-state index contributed by atoms with van der Waals surface area (Å²) >= 11 is 10.8. The van der Waals surface area contributed by atoms with Gasteiger partial charge in [-0.05, 0) is 74.0 Å². The lowest BCUT2D eigenvalue weighted by molar-refractivity contribution is -0.479. The van der Waals surface area contributed by atoms with E-state index in [1.165, 1.54) is 11.8 Å². The summed E-state index contributed by atoms with van der Waals surface area (Å²) in [6.45, 7) is 4.31. The molecule has 0 saturated carbocycles. The Morgan fingerprint density at radius 2 is 1.81 bits per heavy atom. The summed E-state index contributed by atoms with van der Waals surface area (Å²) in [5.74, 6) is 1.98. The zero-order valence-corrected chi connectivity index (χ0v) is 23.3. The Balaban J connectivity index is 1.65. The number of rotatable bonds is 11.